The molecular formula is C24H21ClF3N3O3S2. The number of alkyl halides is 3. The fourth-order valence-corrected chi connectivity index (χ4v) is 6.86. The zero-order chi connectivity index (χ0) is 26.1. The van der Waals surface area contributed by atoms with E-state index in [2.05, 4.69) is 10.8 Å². The Bertz CT molecular complexity index is 1420. The first-order valence-electron chi connectivity index (χ1n) is 10.8. The largest absolute Gasteiger partial charge is 0.488 e. The Morgan fingerprint density at radius 1 is 1.25 bits per heavy atom. The van der Waals surface area contributed by atoms with E-state index in [1.807, 2.05) is 11.9 Å². The summed E-state index contributed by atoms with van der Waals surface area (Å²) >= 11 is 7.26. The van der Waals surface area contributed by atoms with Crippen molar-refractivity contribution < 1.29 is 26.3 Å². The summed E-state index contributed by atoms with van der Waals surface area (Å²) in [5, 5.41) is 9.27. The minimum absolute atomic E-state index is 0.0692. The highest BCUT2D eigenvalue weighted by atomic mass is 35.5. The summed E-state index contributed by atoms with van der Waals surface area (Å²) in [6.45, 7) is 1.16. The molecule has 0 saturated carbocycles. The van der Waals surface area contributed by atoms with Gasteiger partial charge in [-0.05, 0) is 42.8 Å². The van der Waals surface area contributed by atoms with Crippen molar-refractivity contribution in [1.82, 2.24) is 4.90 Å². The fraction of sp³-hybridized carbons (Fsp3) is 0.292. The minimum Gasteiger partial charge on any atom is -0.488 e. The SMILES string of the molecule is CN1CC[C@@H](Oc2cc(NS(=O)(=O)c3cc(Cl)c(-c4ccccc4CC#N)s3)ccc2C(F)(F)F)C1. The van der Waals surface area contributed by atoms with Crippen LogP contribution in [-0.4, -0.2) is 39.6 Å². The Morgan fingerprint density at radius 2 is 2.00 bits per heavy atom. The number of likely N-dealkylation sites (tertiary alicyclic amines) is 1. The molecule has 0 aliphatic carbocycles. The molecule has 2 heterocycles. The van der Waals surface area contributed by atoms with Crippen LogP contribution in [-0.2, 0) is 22.6 Å². The molecule has 190 valence electrons. The van der Waals surface area contributed by atoms with Crippen LogP contribution in [0.15, 0.2) is 52.7 Å². The maximum atomic E-state index is 13.6. The number of ether oxygens (including phenoxy) is 1. The van der Waals surface area contributed by atoms with Gasteiger partial charge in [0.1, 0.15) is 16.1 Å². The predicted molar refractivity (Wildman–Crippen MR) is 133 cm³/mol. The molecular weight excluding hydrogens is 535 g/mol. The minimum atomic E-state index is -4.66. The van der Waals surface area contributed by atoms with Crippen molar-refractivity contribution in [3.8, 4) is 22.3 Å². The number of nitriles is 1. The number of likely N-dealkylation sites (N-methyl/N-ethyl adjacent to an activating group) is 1. The lowest BCUT2D eigenvalue weighted by molar-refractivity contribution is -0.139. The van der Waals surface area contributed by atoms with Crippen molar-refractivity contribution in [2.24, 2.45) is 0 Å². The average Bonchev–Trinajstić information content (AvgIpc) is 3.39. The van der Waals surface area contributed by atoms with Gasteiger partial charge in [0.15, 0.2) is 0 Å². The second-order valence-electron chi connectivity index (χ2n) is 8.34. The molecule has 1 N–H and O–H groups in total. The van der Waals surface area contributed by atoms with Gasteiger partial charge in [-0.2, -0.15) is 18.4 Å². The molecule has 1 aromatic heterocycles. The Kier molecular flexibility index (Phi) is 7.52. The van der Waals surface area contributed by atoms with Crippen LogP contribution in [0.2, 0.25) is 5.02 Å². The van der Waals surface area contributed by atoms with Gasteiger partial charge in [-0.3, -0.25) is 4.72 Å². The van der Waals surface area contributed by atoms with E-state index in [0.717, 1.165) is 29.5 Å². The zero-order valence-electron chi connectivity index (χ0n) is 19.0. The summed E-state index contributed by atoms with van der Waals surface area (Å²) in [5.74, 6) is -0.432. The van der Waals surface area contributed by atoms with Gasteiger partial charge in [0.05, 0.1) is 33.6 Å². The van der Waals surface area contributed by atoms with Crippen LogP contribution in [0.4, 0.5) is 18.9 Å². The Hall–Kier alpha value is -2.78. The Morgan fingerprint density at radius 3 is 2.67 bits per heavy atom. The van der Waals surface area contributed by atoms with Gasteiger partial charge in [-0.15, -0.1) is 11.3 Å². The first kappa shape index (κ1) is 26.3. The third-order valence-corrected chi connectivity index (χ3v) is 9.07. The molecule has 0 spiro atoms. The van der Waals surface area contributed by atoms with Gasteiger partial charge in [-0.25, -0.2) is 8.42 Å². The number of halogens is 4. The molecule has 0 bridgehead atoms. The molecule has 6 nitrogen and oxygen atoms in total. The predicted octanol–water partition coefficient (Wildman–Crippen LogP) is 6.04. The highest BCUT2D eigenvalue weighted by Crippen LogP contribution is 2.42. The third-order valence-electron chi connectivity index (χ3n) is 5.64. The summed E-state index contributed by atoms with van der Waals surface area (Å²) < 4.78 is 74.8. The van der Waals surface area contributed by atoms with Crippen LogP contribution < -0.4 is 9.46 Å². The molecule has 2 aromatic carbocycles. The molecule has 36 heavy (non-hydrogen) atoms. The number of benzene rings is 2. The van der Waals surface area contributed by atoms with Crippen LogP contribution in [0.5, 0.6) is 5.75 Å². The van der Waals surface area contributed by atoms with Gasteiger partial charge in [0, 0.05) is 19.2 Å². The molecule has 3 aromatic rings. The first-order valence-corrected chi connectivity index (χ1v) is 13.5. The maximum Gasteiger partial charge on any atom is 0.419 e. The summed E-state index contributed by atoms with van der Waals surface area (Å²) in [4.78, 5) is 2.42. The molecule has 1 aliphatic rings. The third kappa shape index (κ3) is 5.78. The lowest BCUT2D eigenvalue weighted by Gasteiger charge is -2.19. The van der Waals surface area contributed by atoms with E-state index in [0.29, 0.717) is 35.5 Å². The summed E-state index contributed by atoms with van der Waals surface area (Å²) in [7, 11) is -2.33. The Labute approximate surface area is 215 Å². The first-order chi connectivity index (χ1) is 17.0. The molecule has 1 saturated heterocycles. The zero-order valence-corrected chi connectivity index (χ0v) is 21.4. The molecule has 4 rings (SSSR count). The molecule has 1 aliphatic heterocycles. The van der Waals surface area contributed by atoms with E-state index < -0.39 is 33.6 Å². The molecule has 0 unspecified atom stereocenters. The van der Waals surface area contributed by atoms with Gasteiger partial charge in [-0.1, -0.05) is 35.9 Å². The maximum absolute atomic E-state index is 13.6. The summed E-state index contributed by atoms with van der Waals surface area (Å²) in [6, 6.07) is 13.3. The van der Waals surface area contributed by atoms with Gasteiger partial charge in [0.2, 0.25) is 0 Å². The smallest absolute Gasteiger partial charge is 0.419 e. The lowest BCUT2D eigenvalue weighted by Crippen LogP contribution is -2.23. The number of hydrogen-bond acceptors (Lipinski definition) is 6. The quantitative estimate of drug-likeness (QED) is 0.384. The number of sulfonamides is 1. The van der Waals surface area contributed by atoms with Crippen LogP contribution in [0, 0.1) is 11.3 Å². The fourth-order valence-electron chi connectivity index (χ4n) is 3.94. The molecule has 0 amide bonds. The number of nitrogens with one attached hydrogen (secondary N) is 1. The van der Waals surface area contributed by atoms with Gasteiger partial charge >= 0.3 is 6.18 Å². The number of thiophene rings is 1. The van der Waals surface area contributed by atoms with Crippen LogP contribution in [0.25, 0.3) is 10.4 Å². The standard InChI is InChI=1S/C24H21ClF3N3O3S2/c1-31-11-9-17(14-31)34-21-12-16(6-7-19(21)24(26,27)28)30-36(32,33)22-13-20(25)23(35-22)18-5-3-2-4-15(18)8-10-29/h2-7,12-13,17,30H,8-9,11,14H2,1H3/t17-/m1/s1. The van der Waals surface area contributed by atoms with Crippen molar-refractivity contribution in [2.75, 3.05) is 24.9 Å². The van der Waals surface area contributed by atoms with E-state index in [1.165, 1.54) is 6.07 Å². The van der Waals surface area contributed by atoms with Crippen molar-refractivity contribution in [3.05, 3.63) is 64.7 Å². The second kappa shape index (κ2) is 10.3. The highest BCUT2D eigenvalue weighted by molar-refractivity contribution is 7.94. The van der Waals surface area contributed by atoms with Crippen molar-refractivity contribution in [3.63, 3.8) is 0 Å². The van der Waals surface area contributed by atoms with E-state index >= 15 is 0 Å². The normalized spacial score (nSPS) is 16.6. The van der Waals surface area contributed by atoms with Crippen LogP contribution in [0.3, 0.4) is 0 Å². The van der Waals surface area contributed by atoms with Crippen molar-refractivity contribution >= 4 is 38.6 Å². The Balaban J connectivity index is 1.64. The molecule has 0 radical (unpaired) electrons. The number of hydrogen-bond donors (Lipinski definition) is 1. The van der Waals surface area contributed by atoms with Gasteiger partial charge in [0.25, 0.3) is 10.0 Å². The number of nitrogens with zero attached hydrogens (tertiary/aromatic N) is 2. The van der Waals surface area contributed by atoms with E-state index in [-0.39, 0.29) is 21.3 Å². The molecule has 1 fully saturated rings. The number of anilines is 1. The van der Waals surface area contributed by atoms with Gasteiger partial charge < -0.3 is 9.64 Å². The van der Waals surface area contributed by atoms with E-state index in [9.17, 15) is 21.6 Å². The highest BCUT2D eigenvalue weighted by Gasteiger charge is 2.36. The topological polar surface area (TPSA) is 82.4 Å². The molecule has 12 heteroatoms. The van der Waals surface area contributed by atoms with E-state index in [1.54, 1.807) is 24.3 Å². The van der Waals surface area contributed by atoms with Crippen molar-refractivity contribution in [2.45, 2.75) is 29.3 Å². The second-order valence-corrected chi connectivity index (χ2v) is 11.7. The average molecular weight is 556 g/mol. The molecule has 1 atom stereocenters. The van der Waals surface area contributed by atoms with Crippen LogP contribution in [0.1, 0.15) is 17.5 Å². The van der Waals surface area contributed by atoms with Crippen molar-refractivity contribution in [1.29, 1.82) is 5.26 Å². The van der Waals surface area contributed by atoms with Crippen LogP contribution >= 0.6 is 22.9 Å². The lowest BCUT2D eigenvalue weighted by atomic mass is 10.0. The summed E-state index contributed by atoms with van der Waals surface area (Å²) in [5.41, 5.74) is 0.292. The van der Waals surface area contributed by atoms with E-state index in [4.69, 9.17) is 21.6 Å². The number of rotatable bonds is 7. The monoisotopic (exact) mass is 555 g/mol. The summed E-state index contributed by atoms with van der Waals surface area (Å²) in [6.07, 6.45) is -4.41.